The van der Waals surface area contributed by atoms with Crippen LogP contribution >= 0.6 is 23.2 Å². The van der Waals surface area contributed by atoms with E-state index in [9.17, 15) is 18.0 Å². The van der Waals surface area contributed by atoms with E-state index < -0.39 is 28.5 Å². The van der Waals surface area contributed by atoms with Crippen LogP contribution in [0.2, 0.25) is 10.0 Å². The smallest absolute Gasteiger partial charge is 0.264 e. The number of anilines is 1. The average molecular weight is 635 g/mol. The van der Waals surface area contributed by atoms with Crippen molar-refractivity contribution in [2.24, 2.45) is 0 Å². The molecule has 1 N–H and O–H groups in total. The number of methoxy groups -OCH3 is 1. The zero-order valence-electron chi connectivity index (χ0n) is 24.4. The average Bonchev–Trinajstić information content (AvgIpc) is 2.95. The predicted molar refractivity (Wildman–Crippen MR) is 168 cm³/mol. The van der Waals surface area contributed by atoms with Gasteiger partial charge in [0.25, 0.3) is 10.0 Å². The fraction of sp³-hybridized carbons (Fsp3) is 0.355. The summed E-state index contributed by atoms with van der Waals surface area (Å²) >= 11 is 12.5. The molecule has 0 aliphatic heterocycles. The van der Waals surface area contributed by atoms with Crippen molar-refractivity contribution in [1.82, 2.24) is 10.2 Å². The number of hydrogen-bond donors (Lipinski definition) is 1. The first-order valence-corrected chi connectivity index (χ1v) is 15.9. The number of carbonyl (C=O) groups is 2. The third-order valence-corrected chi connectivity index (χ3v) is 9.15. The summed E-state index contributed by atoms with van der Waals surface area (Å²) in [5.74, 6) is -0.234. The number of amides is 2. The Bertz CT molecular complexity index is 1460. The van der Waals surface area contributed by atoms with Gasteiger partial charge in [-0.1, -0.05) is 66.9 Å². The van der Waals surface area contributed by atoms with Gasteiger partial charge in [-0.25, -0.2) is 8.42 Å². The lowest BCUT2D eigenvalue weighted by Gasteiger charge is -2.33. The quantitative estimate of drug-likeness (QED) is 0.241. The lowest BCUT2D eigenvalue weighted by Crippen LogP contribution is -2.53. The van der Waals surface area contributed by atoms with Crippen molar-refractivity contribution in [2.75, 3.05) is 18.0 Å². The van der Waals surface area contributed by atoms with Gasteiger partial charge in [0.15, 0.2) is 0 Å². The van der Waals surface area contributed by atoms with Crippen molar-refractivity contribution in [3.8, 4) is 5.75 Å². The highest BCUT2D eigenvalue weighted by Crippen LogP contribution is 2.30. The van der Waals surface area contributed by atoms with Gasteiger partial charge in [-0.2, -0.15) is 0 Å². The number of carbonyl (C=O) groups excluding carboxylic acids is 2. The van der Waals surface area contributed by atoms with Crippen molar-refractivity contribution in [2.45, 2.75) is 64.1 Å². The molecule has 0 spiro atoms. The van der Waals surface area contributed by atoms with Crippen LogP contribution in [0.15, 0.2) is 71.6 Å². The maximum atomic E-state index is 14.2. The summed E-state index contributed by atoms with van der Waals surface area (Å²) < 4.78 is 34.2. The summed E-state index contributed by atoms with van der Waals surface area (Å²) in [6.07, 6.45) is 1.03. The molecule has 0 aliphatic carbocycles. The summed E-state index contributed by atoms with van der Waals surface area (Å²) in [6, 6.07) is 16.9. The van der Waals surface area contributed by atoms with Gasteiger partial charge < -0.3 is 15.0 Å². The minimum atomic E-state index is -4.24. The number of sulfonamides is 1. The molecule has 42 heavy (non-hydrogen) atoms. The number of nitrogens with zero attached hydrogens (tertiary/aromatic N) is 2. The van der Waals surface area contributed by atoms with Crippen molar-refractivity contribution in [3.63, 3.8) is 0 Å². The minimum absolute atomic E-state index is 0.000238. The van der Waals surface area contributed by atoms with Crippen LogP contribution in [0.1, 0.15) is 44.7 Å². The van der Waals surface area contributed by atoms with Crippen molar-refractivity contribution in [3.05, 3.63) is 87.9 Å². The molecule has 2 amide bonds. The molecular formula is C31H37Cl2N3O5S. The molecule has 0 aliphatic rings. The third kappa shape index (κ3) is 8.40. The molecule has 3 rings (SSSR count). The highest BCUT2D eigenvalue weighted by atomic mass is 35.5. The van der Waals surface area contributed by atoms with Crippen LogP contribution in [0, 0.1) is 6.92 Å². The zero-order valence-corrected chi connectivity index (χ0v) is 26.8. The molecule has 3 aromatic carbocycles. The highest BCUT2D eigenvalue weighted by molar-refractivity contribution is 7.92. The Morgan fingerprint density at radius 3 is 2.05 bits per heavy atom. The molecule has 0 bridgehead atoms. The summed E-state index contributed by atoms with van der Waals surface area (Å²) in [5, 5.41) is 3.38. The Kier molecular flexibility index (Phi) is 11.7. The third-order valence-electron chi connectivity index (χ3n) is 6.92. The molecule has 0 heterocycles. The first-order chi connectivity index (χ1) is 19.9. The Morgan fingerprint density at radius 2 is 1.52 bits per heavy atom. The van der Waals surface area contributed by atoms with E-state index in [1.807, 2.05) is 27.7 Å². The minimum Gasteiger partial charge on any atom is -0.497 e. The molecular weight excluding hydrogens is 597 g/mol. The maximum absolute atomic E-state index is 14.2. The fourth-order valence-corrected chi connectivity index (χ4v) is 6.25. The molecule has 0 saturated carbocycles. The second-order valence-corrected chi connectivity index (χ2v) is 12.8. The van der Waals surface area contributed by atoms with E-state index >= 15 is 0 Å². The van der Waals surface area contributed by atoms with Gasteiger partial charge >= 0.3 is 0 Å². The number of hydrogen-bond acceptors (Lipinski definition) is 5. The summed E-state index contributed by atoms with van der Waals surface area (Å²) in [4.78, 5) is 29.0. The zero-order chi connectivity index (χ0) is 31.0. The topological polar surface area (TPSA) is 96.0 Å². The molecule has 8 nitrogen and oxygen atoms in total. The second-order valence-electron chi connectivity index (χ2n) is 10.1. The lowest BCUT2D eigenvalue weighted by molar-refractivity contribution is -0.140. The van der Waals surface area contributed by atoms with Gasteiger partial charge in [0.05, 0.1) is 17.7 Å². The molecule has 0 unspecified atom stereocenters. The fourth-order valence-electron chi connectivity index (χ4n) is 4.34. The summed E-state index contributed by atoms with van der Waals surface area (Å²) in [7, 11) is -2.68. The van der Waals surface area contributed by atoms with Crippen LogP contribution < -0.4 is 14.4 Å². The van der Waals surface area contributed by atoms with E-state index in [0.29, 0.717) is 18.6 Å². The van der Waals surface area contributed by atoms with E-state index in [1.165, 1.54) is 35.2 Å². The van der Waals surface area contributed by atoms with Crippen molar-refractivity contribution in [1.29, 1.82) is 0 Å². The van der Waals surface area contributed by atoms with Crippen molar-refractivity contribution < 1.29 is 22.7 Å². The van der Waals surface area contributed by atoms with E-state index in [1.54, 1.807) is 43.5 Å². The van der Waals surface area contributed by atoms with Crippen LogP contribution in [0.5, 0.6) is 5.75 Å². The second kappa shape index (κ2) is 14.8. The first-order valence-electron chi connectivity index (χ1n) is 13.7. The monoisotopic (exact) mass is 633 g/mol. The van der Waals surface area contributed by atoms with Gasteiger partial charge in [0, 0.05) is 22.6 Å². The molecule has 3 aromatic rings. The van der Waals surface area contributed by atoms with Gasteiger partial charge in [0.1, 0.15) is 18.3 Å². The van der Waals surface area contributed by atoms with Gasteiger partial charge in [-0.05, 0) is 74.7 Å². The van der Waals surface area contributed by atoms with E-state index in [2.05, 4.69) is 5.32 Å². The number of rotatable bonds is 13. The Hall–Kier alpha value is -3.27. The number of aryl methyl sites for hydroxylation is 1. The van der Waals surface area contributed by atoms with Crippen LogP contribution in [0.4, 0.5) is 5.69 Å². The number of benzene rings is 3. The highest BCUT2D eigenvalue weighted by Gasteiger charge is 2.34. The number of halogens is 2. The molecule has 11 heteroatoms. The predicted octanol–water partition coefficient (Wildman–Crippen LogP) is 6.23. The van der Waals surface area contributed by atoms with Gasteiger partial charge in [-0.15, -0.1) is 0 Å². The number of nitrogens with one attached hydrogen (secondary N) is 1. The van der Waals surface area contributed by atoms with Crippen molar-refractivity contribution >= 4 is 50.7 Å². The van der Waals surface area contributed by atoms with Crippen LogP contribution in [-0.4, -0.2) is 50.9 Å². The Labute approximate surface area is 258 Å². The molecule has 0 saturated heterocycles. The Morgan fingerprint density at radius 1 is 0.929 bits per heavy atom. The Balaban J connectivity index is 2.09. The normalized spacial score (nSPS) is 12.7. The standard InChI is InChI=1S/C31H37Cl2N3O5S/c1-6-22(4)34-31(38)29(7-2)35(19-23-10-12-27(41-5)13-11-23)30(37)20-36(26-17-24(32)16-25(33)18-26)42(39,40)28-14-8-21(3)9-15-28/h8-18,22,29H,6-7,19-20H2,1-5H3,(H,34,38)/t22-,29-/m0/s1. The SMILES string of the molecule is CC[C@H](C)NC(=O)[C@H](CC)N(Cc1ccc(OC)cc1)C(=O)CN(c1cc(Cl)cc(Cl)c1)S(=O)(=O)c1ccc(C)cc1. The molecule has 0 fully saturated rings. The first kappa shape index (κ1) is 33.2. The van der Waals surface area contributed by atoms with Crippen LogP contribution in [-0.2, 0) is 26.2 Å². The van der Waals surface area contributed by atoms with E-state index in [-0.39, 0.29) is 39.1 Å². The van der Waals surface area contributed by atoms with Crippen LogP contribution in [0.25, 0.3) is 0 Å². The largest absolute Gasteiger partial charge is 0.497 e. The summed E-state index contributed by atoms with van der Waals surface area (Å²) in [6.45, 7) is 6.99. The lowest BCUT2D eigenvalue weighted by atomic mass is 10.1. The summed E-state index contributed by atoms with van der Waals surface area (Å²) in [5.41, 5.74) is 1.76. The number of ether oxygens (including phenoxy) is 1. The molecule has 2 atom stereocenters. The van der Waals surface area contributed by atoms with E-state index in [0.717, 1.165) is 15.4 Å². The molecule has 0 radical (unpaired) electrons. The van der Waals surface area contributed by atoms with Gasteiger partial charge in [0.2, 0.25) is 11.8 Å². The van der Waals surface area contributed by atoms with E-state index in [4.69, 9.17) is 27.9 Å². The molecule has 0 aromatic heterocycles. The van der Waals surface area contributed by atoms with Crippen LogP contribution in [0.3, 0.4) is 0 Å². The maximum Gasteiger partial charge on any atom is 0.264 e. The molecule has 226 valence electrons. The van der Waals surface area contributed by atoms with Gasteiger partial charge in [-0.3, -0.25) is 13.9 Å².